The summed E-state index contributed by atoms with van der Waals surface area (Å²) in [5.41, 5.74) is 0. The third kappa shape index (κ3) is 28.1. The fourth-order valence-corrected chi connectivity index (χ4v) is 5.84. The molecule has 0 unspecified atom stereocenters. The molecule has 0 atom stereocenters. The van der Waals surface area contributed by atoms with E-state index in [2.05, 4.69) is 62.3 Å². The molecule has 0 aromatic carbocycles. The predicted molar refractivity (Wildman–Crippen MR) is 221 cm³/mol. The summed E-state index contributed by atoms with van der Waals surface area (Å²) < 4.78 is 78.6. The largest absolute Gasteiger partial charge is 0.373 e. The maximum atomic E-state index is 6.92. The van der Waals surface area contributed by atoms with E-state index in [-0.39, 0.29) is 19.8 Å². The fourth-order valence-electron chi connectivity index (χ4n) is 4.57. The van der Waals surface area contributed by atoms with Crippen molar-refractivity contribution in [3.05, 3.63) is 0 Å². The van der Waals surface area contributed by atoms with Crippen molar-refractivity contribution in [2.45, 2.75) is 196 Å². The Hall–Kier alpha value is -0.0500. The Morgan fingerprint density at radius 2 is 0.455 bits per heavy atom. The Bertz CT molecular complexity index is 666. The van der Waals surface area contributed by atoms with E-state index in [4.69, 9.17) is 56.2 Å². The van der Waals surface area contributed by atoms with E-state index in [1.54, 1.807) is 0 Å². The van der Waals surface area contributed by atoms with E-state index in [9.17, 15) is 0 Å². The molecule has 0 spiro atoms. The van der Waals surface area contributed by atoms with E-state index in [0.717, 1.165) is 116 Å². The number of hydrogen-bond donors (Lipinski definition) is 0. The molecule has 0 aliphatic carbocycles. The molecule has 12 nitrogen and oxygen atoms in total. The van der Waals surface area contributed by atoms with Gasteiger partial charge in [-0.15, -0.1) is 0 Å². The number of rotatable bonds is 45. The molecule has 0 aliphatic heterocycles. The summed E-state index contributed by atoms with van der Waals surface area (Å²) in [4.78, 5) is 0. The Morgan fingerprint density at radius 3 is 0.636 bits per heavy atom. The zero-order chi connectivity index (χ0) is 40.8. The van der Waals surface area contributed by atoms with Crippen LogP contribution < -0.4 is 0 Å². The first kappa shape index (κ1) is 55.0. The molecule has 0 fully saturated rings. The molecule has 0 aromatic rings. The third-order valence-electron chi connectivity index (χ3n) is 8.32. The van der Waals surface area contributed by atoms with Crippen molar-refractivity contribution in [2.75, 3.05) is 79.3 Å². The fraction of sp³-hybridized carbons (Fsp3) is 1.00. The third-order valence-corrected chi connectivity index (χ3v) is 9.60. The first-order valence-electron chi connectivity index (χ1n) is 22.3. The summed E-state index contributed by atoms with van der Waals surface area (Å²) in [7, 11) is -2.51. The summed E-state index contributed by atoms with van der Waals surface area (Å²) in [5.74, 6) is -5.02. The number of unbranched alkanes of at least 4 members (excludes halogenated alkanes) is 9. The number of hydrogen-bond acceptors (Lipinski definition) is 12. The van der Waals surface area contributed by atoms with Gasteiger partial charge in [-0.3, -0.25) is 13.6 Å². The molecular formula is C42H87O12P. The molecular weight excluding hydrogens is 727 g/mol. The molecule has 0 aliphatic rings. The van der Waals surface area contributed by atoms with Crippen LogP contribution in [0.4, 0.5) is 0 Å². The Balaban J connectivity index is 7.49. The molecule has 0 heterocycles. The molecule has 0 amide bonds. The van der Waals surface area contributed by atoms with Crippen molar-refractivity contribution in [3.8, 4) is 0 Å². The molecule has 0 N–H and O–H groups in total. The molecule has 332 valence electrons. The molecule has 0 bridgehead atoms. The predicted octanol–water partition coefficient (Wildman–Crippen LogP) is 11.6. The van der Waals surface area contributed by atoms with Crippen molar-refractivity contribution in [2.24, 2.45) is 0 Å². The van der Waals surface area contributed by atoms with Gasteiger partial charge in [-0.2, -0.15) is 0 Å². The first-order valence-corrected chi connectivity index (χ1v) is 23.4. The highest BCUT2D eigenvalue weighted by Crippen LogP contribution is 2.52. The lowest BCUT2D eigenvalue weighted by molar-refractivity contribution is -0.403. The summed E-state index contributed by atoms with van der Waals surface area (Å²) in [5, 5.41) is 0. The Morgan fingerprint density at radius 1 is 0.273 bits per heavy atom. The highest BCUT2D eigenvalue weighted by Gasteiger charge is 2.50. The van der Waals surface area contributed by atoms with Crippen LogP contribution in [0, 0.1) is 0 Å². The van der Waals surface area contributed by atoms with Crippen LogP contribution in [0.25, 0.3) is 0 Å². The van der Waals surface area contributed by atoms with Crippen molar-refractivity contribution in [3.63, 3.8) is 0 Å². The molecule has 0 radical (unpaired) electrons. The van der Waals surface area contributed by atoms with E-state index < -0.39 is 26.5 Å². The highest BCUT2D eigenvalue weighted by molar-refractivity contribution is 7.41. The van der Waals surface area contributed by atoms with Gasteiger partial charge in [0.25, 0.3) is 0 Å². The van der Waals surface area contributed by atoms with Crippen LogP contribution in [0.5, 0.6) is 0 Å². The molecule has 0 saturated carbocycles. The smallest absolute Gasteiger partial charge is 0.346 e. The first-order chi connectivity index (χ1) is 26.8. The van der Waals surface area contributed by atoms with Crippen LogP contribution >= 0.6 is 8.60 Å². The van der Waals surface area contributed by atoms with Gasteiger partial charge in [-0.1, -0.05) is 120 Å². The van der Waals surface area contributed by atoms with Crippen molar-refractivity contribution >= 4 is 8.60 Å². The Labute approximate surface area is 339 Å². The van der Waals surface area contributed by atoms with Crippen LogP contribution in [0.15, 0.2) is 0 Å². The lowest BCUT2D eigenvalue weighted by atomic mass is 10.3. The second-order valence-corrected chi connectivity index (χ2v) is 15.0. The summed E-state index contributed by atoms with van der Waals surface area (Å²) >= 11 is 0. The molecule has 13 heteroatoms. The van der Waals surface area contributed by atoms with Crippen molar-refractivity contribution in [1.29, 1.82) is 0 Å². The lowest BCUT2D eigenvalue weighted by Gasteiger charge is -2.41. The summed E-state index contributed by atoms with van der Waals surface area (Å²) in [6, 6.07) is 0. The molecule has 0 rings (SSSR count). The monoisotopic (exact) mass is 815 g/mol. The quantitative estimate of drug-likeness (QED) is 0.0331. The van der Waals surface area contributed by atoms with Crippen LogP contribution in [0.2, 0.25) is 0 Å². The van der Waals surface area contributed by atoms with Crippen LogP contribution in [-0.2, 0) is 56.2 Å². The van der Waals surface area contributed by atoms with Gasteiger partial charge in [-0.25, -0.2) is 0 Å². The van der Waals surface area contributed by atoms with Gasteiger partial charge in [0, 0.05) is 19.8 Å². The van der Waals surface area contributed by atoms with Crippen molar-refractivity contribution in [1.82, 2.24) is 0 Å². The topological polar surface area (TPSA) is 111 Å². The molecule has 55 heavy (non-hydrogen) atoms. The van der Waals surface area contributed by atoms with Crippen LogP contribution in [0.3, 0.4) is 0 Å². The standard InChI is InChI=1S/C42H87O12P/c1-10-19-28-43-37-40(46-31-22-13-4,47-32-23-14-5)52-55(53-41(48-33-24-15-6,49-34-25-16-7)38-44-29-20-11-2)54-42(50-35-26-17-8,51-36-27-18-9)39-45-30-21-12-3/h10-39H2,1-9H3. The van der Waals surface area contributed by atoms with Gasteiger partial charge in [0.05, 0.1) is 39.6 Å². The van der Waals surface area contributed by atoms with E-state index >= 15 is 0 Å². The summed E-state index contributed by atoms with van der Waals surface area (Å²) in [6.45, 7) is 22.8. The maximum Gasteiger partial charge on any atom is 0.346 e. The second kappa shape index (κ2) is 38.2. The van der Waals surface area contributed by atoms with Crippen LogP contribution in [0.1, 0.15) is 178 Å². The molecule has 0 aromatic heterocycles. The van der Waals surface area contributed by atoms with Crippen molar-refractivity contribution < 1.29 is 56.2 Å². The normalized spacial score (nSPS) is 12.8. The van der Waals surface area contributed by atoms with E-state index in [0.29, 0.717) is 59.5 Å². The second-order valence-electron chi connectivity index (χ2n) is 14.0. The highest BCUT2D eigenvalue weighted by atomic mass is 31.2. The van der Waals surface area contributed by atoms with E-state index in [1.165, 1.54) is 0 Å². The van der Waals surface area contributed by atoms with Gasteiger partial charge >= 0.3 is 26.5 Å². The average molecular weight is 815 g/mol. The van der Waals surface area contributed by atoms with Crippen LogP contribution in [-0.4, -0.2) is 97.2 Å². The van der Waals surface area contributed by atoms with Gasteiger partial charge in [0.15, 0.2) is 0 Å². The minimum absolute atomic E-state index is 0.00719. The minimum Gasteiger partial charge on any atom is -0.373 e. The van der Waals surface area contributed by atoms with Gasteiger partial charge in [-0.05, 0) is 57.8 Å². The van der Waals surface area contributed by atoms with Gasteiger partial charge < -0.3 is 42.6 Å². The Kier molecular flexibility index (Phi) is 38.1. The zero-order valence-electron chi connectivity index (χ0n) is 37.1. The summed E-state index contributed by atoms with van der Waals surface area (Å²) in [6.07, 6.45) is 15.9. The molecule has 0 saturated heterocycles. The van der Waals surface area contributed by atoms with E-state index in [1.807, 2.05) is 0 Å². The maximum absolute atomic E-state index is 6.92. The van der Waals surface area contributed by atoms with Gasteiger partial charge in [0.2, 0.25) is 0 Å². The number of ether oxygens (including phenoxy) is 9. The lowest BCUT2D eigenvalue weighted by Crippen LogP contribution is -2.49. The zero-order valence-corrected chi connectivity index (χ0v) is 38.0. The SMILES string of the molecule is CCCCOCC(OCCCC)(OCCCC)OP(OC(COCCCC)(OCCCC)OCCCC)OC(COCCCC)(OCCCC)OCCCC. The average Bonchev–Trinajstić information content (AvgIpc) is 3.17. The minimum atomic E-state index is -2.51. The van der Waals surface area contributed by atoms with Gasteiger partial charge in [0.1, 0.15) is 19.8 Å².